The Morgan fingerprint density at radius 3 is 2.49 bits per heavy atom. The molecule has 0 aliphatic carbocycles. The molecule has 1 heterocycles. The Bertz CT molecular complexity index is 1350. The number of benzene rings is 2. The second-order valence-electron chi connectivity index (χ2n) is 7.34. The minimum Gasteiger partial charge on any atom is -0.465 e. The zero-order valence-electron chi connectivity index (χ0n) is 19.4. The van der Waals surface area contributed by atoms with E-state index in [1.807, 2.05) is 24.3 Å². The molecule has 0 radical (unpaired) electrons. The van der Waals surface area contributed by atoms with Crippen molar-refractivity contribution < 1.29 is 9.53 Å². The van der Waals surface area contributed by atoms with Crippen molar-refractivity contribution in [2.45, 2.75) is 13.8 Å². The summed E-state index contributed by atoms with van der Waals surface area (Å²) in [6.07, 6.45) is 0. The van der Waals surface area contributed by atoms with E-state index in [-0.39, 0.29) is 35.9 Å². The van der Waals surface area contributed by atoms with Crippen molar-refractivity contribution in [3.63, 3.8) is 0 Å². The van der Waals surface area contributed by atoms with Gasteiger partial charge in [0, 0.05) is 17.8 Å². The van der Waals surface area contributed by atoms with Crippen molar-refractivity contribution in [2.75, 3.05) is 23.5 Å². The van der Waals surface area contributed by atoms with Gasteiger partial charge < -0.3 is 9.64 Å². The highest BCUT2D eigenvalue weighted by molar-refractivity contribution is 6.50. The molecule has 0 saturated heterocycles. The molecule has 35 heavy (non-hydrogen) atoms. The van der Waals surface area contributed by atoms with E-state index in [1.165, 1.54) is 9.58 Å². The number of nitriles is 1. The first-order chi connectivity index (χ1) is 16.8. The van der Waals surface area contributed by atoms with Crippen LogP contribution < -0.4 is 15.9 Å². The second-order valence-corrected chi connectivity index (χ2v) is 7.77. The van der Waals surface area contributed by atoms with E-state index in [2.05, 4.69) is 10.5 Å². The largest absolute Gasteiger partial charge is 0.465 e. The van der Waals surface area contributed by atoms with Crippen LogP contribution in [0.5, 0.6) is 0 Å². The lowest BCUT2D eigenvalue weighted by molar-refractivity contribution is -0.141. The molecule has 0 bridgehead atoms. The van der Waals surface area contributed by atoms with E-state index in [9.17, 15) is 14.9 Å². The van der Waals surface area contributed by atoms with Gasteiger partial charge in [0.05, 0.1) is 18.0 Å². The van der Waals surface area contributed by atoms with Crippen molar-refractivity contribution in [1.82, 2.24) is 9.36 Å². The molecule has 1 aromatic heterocycles. The molecule has 11 heteroatoms. The summed E-state index contributed by atoms with van der Waals surface area (Å²) in [6, 6.07) is 17.4. The molecule has 2 N–H and O–H groups in total. The normalized spacial score (nSPS) is 11.0. The Balaban J connectivity index is 1.95. The molecule has 10 nitrogen and oxygen atoms in total. The fraction of sp³-hybridized carbons (Fsp3) is 0.208. The lowest BCUT2D eigenvalue weighted by Crippen LogP contribution is -2.40. The molecule has 180 valence electrons. The van der Waals surface area contributed by atoms with Gasteiger partial charge >= 0.3 is 5.97 Å². The van der Waals surface area contributed by atoms with E-state index in [0.717, 1.165) is 0 Å². The number of halogens is 1. The first-order valence-corrected chi connectivity index (χ1v) is 11.0. The Morgan fingerprint density at radius 1 is 1.23 bits per heavy atom. The molecular weight excluding hydrogens is 470 g/mol. The summed E-state index contributed by atoms with van der Waals surface area (Å²) in [5.41, 5.74) is 3.77. The number of hydrazone groups is 1. The summed E-state index contributed by atoms with van der Waals surface area (Å²) in [4.78, 5) is 26.5. The van der Waals surface area contributed by atoms with Gasteiger partial charge in [-0.15, -0.1) is 0 Å². The van der Waals surface area contributed by atoms with Crippen molar-refractivity contribution in [1.29, 1.82) is 10.7 Å². The molecule has 3 rings (SSSR count). The first-order valence-electron chi connectivity index (χ1n) is 10.6. The van der Waals surface area contributed by atoms with Gasteiger partial charge in [-0.1, -0.05) is 29.8 Å². The highest BCUT2D eigenvalue weighted by Crippen LogP contribution is 2.19. The van der Waals surface area contributed by atoms with Crippen LogP contribution in [-0.2, 0) is 16.6 Å². The SMILES string of the molecule is CCOC(=O)CN(C(=N)/C(C#N)=N\Nc1c(C)n(C)n(-c2ccccc2)c1=O)c1ccc(Cl)cc1. The van der Waals surface area contributed by atoms with Gasteiger partial charge in [0.15, 0.2) is 5.84 Å². The fourth-order valence-electron chi connectivity index (χ4n) is 3.32. The maximum absolute atomic E-state index is 13.1. The van der Waals surface area contributed by atoms with Gasteiger partial charge in [-0.3, -0.25) is 25.1 Å². The Morgan fingerprint density at radius 2 is 1.89 bits per heavy atom. The third kappa shape index (κ3) is 5.59. The molecule has 0 unspecified atom stereocenters. The molecule has 0 fully saturated rings. The van der Waals surface area contributed by atoms with E-state index >= 15 is 0 Å². The highest BCUT2D eigenvalue weighted by Gasteiger charge is 2.22. The lowest BCUT2D eigenvalue weighted by Gasteiger charge is -2.23. The number of nitrogens with one attached hydrogen (secondary N) is 2. The van der Waals surface area contributed by atoms with E-state index < -0.39 is 5.97 Å². The van der Waals surface area contributed by atoms with Crippen LogP contribution in [0, 0.1) is 23.7 Å². The van der Waals surface area contributed by atoms with Crippen molar-refractivity contribution in [3.05, 3.63) is 75.7 Å². The molecule has 0 saturated carbocycles. The highest BCUT2D eigenvalue weighted by atomic mass is 35.5. The number of carbonyl (C=O) groups is 1. The zero-order valence-corrected chi connectivity index (χ0v) is 20.2. The van der Waals surface area contributed by atoms with Crippen LogP contribution in [-0.4, -0.2) is 40.0 Å². The number of aromatic nitrogens is 2. The number of hydrogen-bond acceptors (Lipinski definition) is 7. The first kappa shape index (κ1) is 25.3. The third-order valence-electron chi connectivity index (χ3n) is 5.16. The number of ether oxygens (including phenoxy) is 1. The minimum absolute atomic E-state index is 0.153. The molecule has 0 atom stereocenters. The molecule has 0 aliphatic rings. The topological polar surface area (TPSA) is 128 Å². The summed E-state index contributed by atoms with van der Waals surface area (Å²) < 4.78 is 8.14. The number of rotatable bonds is 8. The Kier molecular flexibility index (Phi) is 8.07. The smallest absolute Gasteiger partial charge is 0.326 e. The number of hydrogen-bond donors (Lipinski definition) is 2. The van der Waals surface area contributed by atoms with Gasteiger partial charge in [0.2, 0.25) is 5.71 Å². The van der Waals surface area contributed by atoms with Crippen LogP contribution in [0.1, 0.15) is 12.6 Å². The van der Waals surface area contributed by atoms with E-state index in [4.69, 9.17) is 21.7 Å². The third-order valence-corrected chi connectivity index (χ3v) is 5.42. The molecule has 3 aromatic rings. The predicted molar refractivity (Wildman–Crippen MR) is 136 cm³/mol. The molecule has 2 aromatic carbocycles. The summed E-state index contributed by atoms with van der Waals surface area (Å²) in [5.74, 6) is -0.936. The quantitative estimate of drug-likeness (QED) is 0.214. The Hall–Kier alpha value is -4.36. The number of amidine groups is 1. The zero-order chi connectivity index (χ0) is 25.5. The molecule has 0 amide bonds. The lowest BCUT2D eigenvalue weighted by atomic mass is 10.2. The monoisotopic (exact) mass is 493 g/mol. The van der Waals surface area contributed by atoms with E-state index in [1.54, 1.807) is 62.0 Å². The number of anilines is 2. The van der Waals surface area contributed by atoms with Gasteiger partial charge in [-0.2, -0.15) is 10.4 Å². The molecule has 0 aliphatic heterocycles. The van der Waals surface area contributed by atoms with Gasteiger partial charge in [-0.05, 0) is 50.2 Å². The maximum Gasteiger partial charge on any atom is 0.326 e. The van der Waals surface area contributed by atoms with Gasteiger partial charge in [0.25, 0.3) is 5.56 Å². The predicted octanol–water partition coefficient (Wildman–Crippen LogP) is 3.48. The van der Waals surface area contributed by atoms with E-state index in [0.29, 0.717) is 22.1 Å². The van der Waals surface area contributed by atoms with Crippen LogP contribution in [0.3, 0.4) is 0 Å². The summed E-state index contributed by atoms with van der Waals surface area (Å²) >= 11 is 5.96. The van der Waals surface area contributed by atoms with Crippen LogP contribution in [0.2, 0.25) is 5.02 Å². The molecular formula is C24H24ClN7O3. The summed E-state index contributed by atoms with van der Waals surface area (Å²) in [7, 11) is 1.73. The van der Waals surface area contributed by atoms with Crippen molar-refractivity contribution in [2.24, 2.45) is 12.1 Å². The average molecular weight is 494 g/mol. The standard InChI is InChI=1S/C24H24ClN7O3/c1-4-35-21(33)15-31(18-12-10-17(25)11-13-18)23(27)20(14-26)28-29-22-16(2)30(3)32(24(22)34)19-8-6-5-7-9-19/h5-13,27,29H,4,15H2,1-3H3/b27-23?,28-20-. The van der Waals surface area contributed by atoms with Crippen LogP contribution in [0.4, 0.5) is 11.4 Å². The van der Waals surface area contributed by atoms with Crippen molar-refractivity contribution in [3.8, 4) is 11.8 Å². The average Bonchev–Trinajstić information content (AvgIpc) is 3.07. The number of nitrogens with zero attached hydrogens (tertiary/aromatic N) is 5. The second kappa shape index (κ2) is 11.2. The van der Waals surface area contributed by atoms with Gasteiger partial charge in [0.1, 0.15) is 18.3 Å². The summed E-state index contributed by atoms with van der Waals surface area (Å²) in [6.45, 7) is 3.26. The Labute approximate surface area is 207 Å². The van der Waals surface area contributed by atoms with Crippen LogP contribution in [0.25, 0.3) is 5.69 Å². The number of carbonyl (C=O) groups excluding carboxylic acids is 1. The van der Waals surface area contributed by atoms with Crippen LogP contribution in [0.15, 0.2) is 64.5 Å². The maximum atomic E-state index is 13.1. The van der Waals surface area contributed by atoms with Gasteiger partial charge in [-0.25, -0.2) is 4.68 Å². The van der Waals surface area contributed by atoms with Crippen LogP contribution >= 0.6 is 11.6 Å². The van der Waals surface area contributed by atoms with Crippen molar-refractivity contribution >= 4 is 40.5 Å². The molecule has 0 spiro atoms. The summed E-state index contributed by atoms with van der Waals surface area (Å²) in [5, 5.41) is 22.8. The minimum atomic E-state index is -0.581. The number of para-hydroxylation sites is 1. The number of esters is 1. The fourth-order valence-corrected chi connectivity index (χ4v) is 3.45.